The number of unbranched alkanes of at least 4 members (excludes halogenated alkanes) is 46. The van der Waals surface area contributed by atoms with E-state index < -0.39 is 12.1 Å². The zero-order valence-electron chi connectivity index (χ0n) is 47.3. The summed E-state index contributed by atoms with van der Waals surface area (Å²) >= 11 is 0. The average molecular weight is 987 g/mol. The maximum absolute atomic E-state index is 12.5. The summed E-state index contributed by atoms with van der Waals surface area (Å²) in [5.41, 5.74) is 0. The van der Waals surface area contributed by atoms with Gasteiger partial charge >= 0.3 is 5.97 Å². The molecular weight excluding hydrogens is 863 g/mol. The molecule has 0 fully saturated rings. The fourth-order valence-electron chi connectivity index (χ4n) is 9.87. The Balaban J connectivity index is 3.50. The van der Waals surface area contributed by atoms with Crippen molar-refractivity contribution in [3.05, 3.63) is 24.3 Å². The molecule has 0 aromatic rings. The quantitative estimate of drug-likeness (QED) is 0.0321. The summed E-state index contributed by atoms with van der Waals surface area (Å²) in [6.45, 7) is 4.86. The van der Waals surface area contributed by atoms with Gasteiger partial charge in [0.1, 0.15) is 0 Å². The van der Waals surface area contributed by atoms with E-state index >= 15 is 0 Å². The second-order valence-electron chi connectivity index (χ2n) is 21.7. The smallest absolute Gasteiger partial charge is 0.305 e. The molecule has 414 valence electrons. The highest BCUT2D eigenvalue weighted by Gasteiger charge is 2.18. The first-order chi connectivity index (χ1) is 34.5. The number of aliphatic hydroxyl groups excluding tert-OH is 2. The zero-order valence-corrected chi connectivity index (χ0v) is 47.3. The molecule has 0 saturated carbocycles. The minimum atomic E-state index is -0.864. The summed E-state index contributed by atoms with van der Waals surface area (Å²) in [5, 5.41) is 23.2. The molecule has 6 nitrogen and oxygen atoms in total. The second kappa shape index (κ2) is 59.9. The number of rotatable bonds is 59. The van der Waals surface area contributed by atoms with Crippen molar-refractivity contribution >= 4 is 11.9 Å². The number of amides is 1. The van der Waals surface area contributed by atoms with Crippen LogP contribution < -0.4 is 5.32 Å². The van der Waals surface area contributed by atoms with Gasteiger partial charge in [-0.25, -0.2) is 0 Å². The Bertz CT molecular complexity index is 1090. The first kappa shape index (κ1) is 68.3. The van der Waals surface area contributed by atoms with Gasteiger partial charge in [-0.15, -0.1) is 0 Å². The van der Waals surface area contributed by atoms with Crippen molar-refractivity contribution in [1.29, 1.82) is 0 Å². The lowest BCUT2D eigenvalue weighted by Crippen LogP contribution is -2.45. The molecule has 70 heavy (non-hydrogen) atoms. The molecule has 0 aliphatic carbocycles. The van der Waals surface area contributed by atoms with Gasteiger partial charge < -0.3 is 20.3 Å². The van der Waals surface area contributed by atoms with E-state index in [1.54, 1.807) is 6.08 Å². The molecule has 0 saturated heterocycles. The largest absolute Gasteiger partial charge is 0.466 e. The number of hydrogen-bond donors (Lipinski definition) is 3. The van der Waals surface area contributed by atoms with Crippen molar-refractivity contribution in [2.45, 2.75) is 360 Å². The van der Waals surface area contributed by atoms with E-state index in [1.165, 1.54) is 238 Å². The Morgan fingerprint density at radius 2 is 0.671 bits per heavy atom. The highest BCUT2D eigenvalue weighted by molar-refractivity contribution is 5.76. The van der Waals surface area contributed by atoms with E-state index in [9.17, 15) is 19.8 Å². The molecule has 0 spiro atoms. The SMILES string of the molecule is CCCCCCCCCCCCCCCCCCCCCCCCC/C=C/C(O)C(CO)NC(=O)CCCCCCC/C=C\CCCCOC(=O)CCCCCCCCCCCCCCCCCCC. The van der Waals surface area contributed by atoms with Gasteiger partial charge in [-0.3, -0.25) is 9.59 Å². The van der Waals surface area contributed by atoms with Gasteiger partial charge in [-0.05, 0) is 57.8 Å². The van der Waals surface area contributed by atoms with Crippen LogP contribution in [0.2, 0.25) is 0 Å². The maximum Gasteiger partial charge on any atom is 0.305 e. The Morgan fingerprint density at radius 1 is 0.386 bits per heavy atom. The number of ether oxygens (including phenoxy) is 1. The van der Waals surface area contributed by atoms with Gasteiger partial charge in [0.15, 0.2) is 0 Å². The lowest BCUT2D eigenvalue weighted by molar-refractivity contribution is -0.143. The highest BCUT2D eigenvalue weighted by Crippen LogP contribution is 2.18. The lowest BCUT2D eigenvalue weighted by Gasteiger charge is -2.20. The third-order valence-corrected chi connectivity index (χ3v) is 14.7. The normalized spacial score (nSPS) is 12.7. The van der Waals surface area contributed by atoms with Crippen LogP contribution in [0.5, 0.6) is 0 Å². The van der Waals surface area contributed by atoms with Crippen LogP contribution in [0.25, 0.3) is 0 Å². The molecule has 6 heteroatoms. The zero-order chi connectivity index (χ0) is 50.7. The Hall–Kier alpha value is -1.66. The Morgan fingerprint density at radius 3 is 1.01 bits per heavy atom. The summed E-state index contributed by atoms with van der Waals surface area (Å²) in [6.07, 6.45) is 73.7. The first-order valence-corrected chi connectivity index (χ1v) is 31.6. The third kappa shape index (κ3) is 55.7. The molecular formula is C64H123NO5. The van der Waals surface area contributed by atoms with Gasteiger partial charge in [0, 0.05) is 12.8 Å². The van der Waals surface area contributed by atoms with E-state index in [1.807, 2.05) is 6.08 Å². The van der Waals surface area contributed by atoms with Crippen LogP contribution in [0.15, 0.2) is 24.3 Å². The molecule has 0 aromatic carbocycles. The van der Waals surface area contributed by atoms with Crippen molar-refractivity contribution in [3.63, 3.8) is 0 Å². The van der Waals surface area contributed by atoms with Gasteiger partial charge in [0.25, 0.3) is 0 Å². The van der Waals surface area contributed by atoms with Crippen LogP contribution in [0.1, 0.15) is 348 Å². The lowest BCUT2D eigenvalue weighted by atomic mass is 10.0. The first-order valence-electron chi connectivity index (χ1n) is 31.6. The molecule has 2 atom stereocenters. The van der Waals surface area contributed by atoms with Crippen molar-refractivity contribution < 1.29 is 24.5 Å². The summed E-state index contributed by atoms with van der Waals surface area (Å²) < 4.78 is 5.46. The number of carbonyl (C=O) groups excluding carboxylic acids is 2. The van der Waals surface area contributed by atoms with Gasteiger partial charge in [0.2, 0.25) is 5.91 Å². The second-order valence-corrected chi connectivity index (χ2v) is 21.7. The van der Waals surface area contributed by atoms with E-state index in [0.29, 0.717) is 19.4 Å². The predicted octanol–water partition coefficient (Wildman–Crippen LogP) is 19.8. The Kier molecular flexibility index (Phi) is 58.5. The number of allylic oxidation sites excluding steroid dienone is 3. The van der Waals surface area contributed by atoms with E-state index in [4.69, 9.17) is 4.74 Å². The van der Waals surface area contributed by atoms with Crippen molar-refractivity contribution in [2.24, 2.45) is 0 Å². The van der Waals surface area contributed by atoms with Gasteiger partial charge in [0.05, 0.1) is 25.4 Å². The molecule has 0 bridgehead atoms. The molecule has 1 amide bonds. The summed E-state index contributed by atoms with van der Waals surface area (Å²) in [7, 11) is 0. The predicted molar refractivity (Wildman–Crippen MR) is 306 cm³/mol. The van der Waals surface area contributed by atoms with Gasteiger partial charge in [-0.1, -0.05) is 301 Å². The van der Waals surface area contributed by atoms with Crippen LogP contribution in [-0.2, 0) is 14.3 Å². The van der Waals surface area contributed by atoms with Crippen LogP contribution in [-0.4, -0.2) is 47.4 Å². The summed E-state index contributed by atoms with van der Waals surface area (Å²) in [6, 6.07) is -0.650. The summed E-state index contributed by atoms with van der Waals surface area (Å²) in [4.78, 5) is 24.6. The molecule has 3 N–H and O–H groups in total. The van der Waals surface area contributed by atoms with E-state index in [-0.39, 0.29) is 18.5 Å². The molecule has 0 radical (unpaired) electrons. The van der Waals surface area contributed by atoms with Crippen molar-refractivity contribution in [2.75, 3.05) is 13.2 Å². The fraction of sp³-hybridized carbons (Fsp3) is 0.906. The monoisotopic (exact) mass is 986 g/mol. The minimum Gasteiger partial charge on any atom is -0.466 e. The minimum absolute atomic E-state index is 0.0281. The molecule has 2 unspecified atom stereocenters. The Labute approximate surface area is 437 Å². The van der Waals surface area contributed by atoms with Crippen LogP contribution in [0.3, 0.4) is 0 Å². The number of hydrogen-bond acceptors (Lipinski definition) is 5. The van der Waals surface area contributed by atoms with Crippen LogP contribution in [0, 0.1) is 0 Å². The number of carbonyl (C=O) groups is 2. The number of nitrogens with one attached hydrogen (secondary N) is 1. The molecule has 0 aliphatic heterocycles. The molecule has 0 rings (SSSR count). The number of aliphatic hydroxyl groups is 2. The average Bonchev–Trinajstić information content (AvgIpc) is 3.36. The van der Waals surface area contributed by atoms with E-state index in [2.05, 4.69) is 31.3 Å². The van der Waals surface area contributed by atoms with E-state index in [0.717, 1.165) is 83.5 Å². The topological polar surface area (TPSA) is 95.9 Å². The maximum atomic E-state index is 12.5. The third-order valence-electron chi connectivity index (χ3n) is 14.7. The van der Waals surface area contributed by atoms with Crippen molar-refractivity contribution in [1.82, 2.24) is 5.32 Å². The molecule has 0 aromatic heterocycles. The standard InChI is InChI=1S/C64H123NO5/c1-3-5-7-9-11-13-15-17-19-21-22-23-24-25-26-27-28-30-31-33-36-40-44-48-52-56-62(67)61(60-66)65-63(68)57-53-49-45-41-37-35-39-43-47-51-55-59-70-64(69)58-54-50-46-42-38-34-32-29-20-18-16-14-12-10-8-6-4-2/h39,43,52,56,61-62,66-67H,3-38,40-42,44-51,53-55,57-60H2,1-2H3,(H,65,68)/b43-39-,56-52+. The molecule has 0 heterocycles. The van der Waals surface area contributed by atoms with Crippen LogP contribution in [0.4, 0.5) is 0 Å². The highest BCUT2D eigenvalue weighted by atomic mass is 16.5. The van der Waals surface area contributed by atoms with Crippen LogP contribution >= 0.6 is 0 Å². The van der Waals surface area contributed by atoms with Gasteiger partial charge in [-0.2, -0.15) is 0 Å². The number of esters is 1. The fourth-order valence-corrected chi connectivity index (χ4v) is 9.87. The van der Waals surface area contributed by atoms with Crippen molar-refractivity contribution in [3.8, 4) is 0 Å². The molecule has 0 aliphatic rings. The summed E-state index contributed by atoms with van der Waals surface area (Å²) in [5.74, 6) is -0.121.